The van der Waals surface area contributed by atoms with E-state index in [1.54, 1.807) is 6.07 Å². The highest BCUT2D eigenvalue weighted by Crippen LogP contribution is 2.28. The lowest BCUT2D eigenvalue weighted by atomic mass is 9.99. The zero-order valence-electron chi connectivity index (χ0n) is 13.0. The van der Waals surface area contributed by atoms with Gasteiger partial charge in [0.25, 0.3) is 0 Å². The molecule has 23 heavy (non-hydrogen) atoms. The number of aliphatic hydroxyl groups excluding tert-OH is 1. The van der Waals surface area contributed by atoms with Crippen LogP contribution >= 0.6 is 0 Å². The Bertz CT molecular complexity index is 847. The topological polar surface area (TPSA) is 61.0 Å². The van der Waals surface area contributed by atoms with Crippen molar-refractivity contribution in [1.29, 1.82) is 5.26 Å². The number of rotatable bonds is 5. The minimum atomic E-state index is -0.607. The van der Waals surface area contributed by atoms with Gasteiger partial charge in [0.1, 0.15) is 0 Å². The SMILES string of the molecule is CNC[C@@H](O)[C@H](c1cccc(C#N)c1)n1ccc2ccccc21. The van der Waals surface area contributed by atoms with Crippen LogP contribution in [0.2, 0.25) is 0 Å². The minimum absolute atomic E-state index is 0.254. The molecule has 4 nitrogen and oxygen atoms in total. The number of nitrogens with zero attached hydrogens (tertiary/aromatic N) is 2. The molecular weight excluding hydrogens is 286 g/mol. The predicted octanol–water partition coefficient (Wildman–Crippen LogP) is 2.68. The van der Waals surface area contributed by atoms with Crippen molar-refractivity contribution >= 4 is 10.9 Å². The van der Waals surface area contributed by atoms with Gasteiger partial charge in [0, 0.05) is 18.3 Å². The molecule has 0 fully saturated rings. The van der Waals surface area contributed by atoms with E-state index in [-0.39, 0.29) is 6.04 Å². The number of para-hydroxylation sites is 1. The Morgan fingerprint density at radius 1 is 1.17 bits per heavy atom. The van der Waals surface area contributed by atoms with E-state index in [0.717, 1.165) is 16.5 Å². The molecule has 0 aliphatic carbocycles. The first-order valence-corrected chi connectivity index (χ1v) is 7.63. The van der Waals surface area contributed by atoms with Gasteiger partial charge in [-0.05, 0) is 42.3 Å². The smallest absolute Gasteiger partial charge is 0.0991 e. The van der Waals surface area contributed by atoms with E-state index in [1.807, 2.05) is 55.7 Å². The third-order valence-electron chi connectivity index (χ3n) is 4.06. The molecule has 2 aromatic carbocycles. The van der Waals surface area contributed by atoms with Gasteiger partial charge in [0.2, 0.25) is 0 Å². The molecule has 0 aliphatic rings. The summed E-state index contributed by atoms with van der Waals surface area (Å²) in [6.07, 6.45) is 1.39. The molecule has 1 heterocycles. The Balaban J connectivity index is 2.14. The summed E-state index contributed by atoms with van der Waals surface area (Å²) in [5.74, 6) is 0. The first-order valence-electron chi connectivity index (χ1n) is 7.63. The van der Waals surface area contributed by atoms with Crippen LogP contribution in [0.25, 0.3) is 10.9 Å². The number of hydrogen-bond acceptors (Lipinski definition) is 3. The van der Waals surface area contributed by atoms with Gasteiger partial charge < -0.3 is 15.0 Å². The molecule has 116 valence electrons. The minimum Gasteiger partial charge on any atom is -0.389 e. The van der Waals surface area contributed by atoms with E-state index in [9.17, 15) is 5.11 Å². The molecule has 0 bridgehead atoms. The van der Waals surface area contributed by atoms with Crippen molar-refractivity contribution in [2.75, 3.05) is 13.6 Å². The zero-order valence-corrected chi connectivity index (χ0v) is 13.0. The van der Waals surface area contributed by atoms with Crippen LogP contribution in [0.5, 0.6) is 0 Å². The first-order chi connectivity index (χ1) is 11.2. The van der Waals surface area contributed by atoms with E-state index in [4.69, 9.17) is 5.26 Å². The van der Waals surface area contributed by atoms with E-state index < -0.39 is 6.10 Å². The molecule has 0 unspecified atom stereocenters. The highest BCUT2D eigenvalue weighted by molar-refractivity contribution is 5.80. The number of fused-ring (bicyclic) bond motifs is 1. The summed E-state index contributed by atoms with van der Waals surface area (Å²) in [5, 5.41) is 24.0. The second-order valence-electron chi connectivity index (χ2n) is 5.59. The summed E-state index contributed by atoms with van der Waals surface area (Å²) < 4.78 is 2.08. The van der Waals surface area contributed by atoms with Crippen LogP contribution in [-0.4, -0.2) is 29.4 Å². The van der Waals surface area contributed by atoms with E-state index in [0.29, 0.717) is 12.1 Å². The Hall–Kier alpha value is -2.61. The van der Waals surface area contributed by atoms with Gasteiger partial charge in [0.15, 0.2) is 0 Å². The summed E-state index contributed by atoms with van der Waals surface area (Å²) in [6.45, 7) is 0.466. The number of aliphatic hydroxyl groups is 1. The van der Waals surface area contributed by atoms with Crippen LogP contribution in [0.15, 0.2) is 60.8 Å². The highest BCUT2D eigenvalue weighted by atomic mass is 16.3. The molecule has 1 aromatic heterocycles. The van der Waals surface area contributed by atoms with Crippen molar-refractivity contribution < 1.29 is 5.11 Å². The van der Waals surface area contributed by atoms with Crippen LogP contribution < -0.4 is 5.32 Å². The first kappa shape index (κ1) is 15.3. The molecule has 3 rings (SSSR count). The maximum atomic E-state index is 10.7. The summed E-state index contributed by atoms with van der Waals surface area (Å²) >= 11 is 0. The number of benzene rings is 2. The third-order valence-corrected chi connectivity index (χ3v) is 4.06. The number of aromatic nitrogens is 1. The van der Waals surface area contributed by atoms with Crippen LogP contribution in [0, 0.1) is 11.3 Å². The largest absolute Gasteiger partial charge is 0.389 e. The molecule has 3 aromatic rings. The molecule has 4 heteroatoms. The van der Waals surface area contributed by atoms with Crippen molar-refractivity contribution in [3.63, 3.8) is 0 Å². The standard InChI is InChI=1S/C19H19N3O/c1-21-13-18(23)19(16-7-4-5-14(11-16)12-20)22-10-9-15-6-2-3-8-17(15)22/h2-11,18-19,21,23H,13H2,1H3/t18-,19+/m1/s1. The number of nitriles is 1. The van der Waals surface area contributed by atoms with Gasteiger partial charge in [-0.25, -0.2) is 0 Å². The van der Waals surface area contributed by atoms with E-state index in [1.165, 1.54) is 0 Å². The lowest BCUT2D eigenvalue weighted by Crippen LogP contribution is -2.33. The quantitative estimate of drug-likeness (QED) is 0.762. The monoisotopic (exact) mass is 305 g/mol. The molecular formula is C19H19N3O. The van der Waals surface area contributed by atoms with Gasteiger partial charge in [-0.2, -0.15) is 5.26 Å². The fraction of sp³-hybridized carbons (Fsp3) is 0.211. The maximum Gasteiger partial charge on any atom is 0.0991 e. The lowest BCUT2D eigenvalue weighted by molar-refractivity contribution is 0.132. The van der Waals surface area contributed by atoms with Crippen molar-refractivity contribution in [1.82, 2.24) is 9.88 Å². The number of likely N-dealkylation sites (N-methyl/N-ethyl adjacent to an activating group) is 1. The highest BCUT2D eigenvalue weighted by Gasteiger charge is 2.23. The number of nitrogens with one attached hydrogen (secondary N) is 1. The van der Waals surface area contributed by atoms with E-state index in [2.05, 4.69) is 22.0 Å². The molecule has 0 amide bonds. The van der Waals surface area contributed by atoms with Crippen molar-refractivity contribution in [2.45, 2.75) is 12.1 Å². The average Bonchev–Trinajstić information content (AvgIpc) is 3.00. The zero-order chi connectivity index (χ0) is 16.2. The summed E-state index contributed by atoms with van der Waals surface area (Å²) in [6, 6.07) is 19.5. The molecule has 0 spiro atoms. The third kappa shape index (κ3) is 2.98. The summed E-state index contributed by atoms with van der Waals surface area (Å²) in [4.78, 5) is 0. The summed E-state index contributed by atoms with van der Waals surface area (Å²) in [5.41, 5.74) is 2.59. The fourth-order valence-electron chi connectivity index (χ4n) is 3.03. The molecule has 0 saturated heterocycles. The number of hydrogen-bond donors (Lipinski definition) is 2. The van der Waals surface area contributed by atoms with Crippen LogP contribution in [0.1, 0.15) is 17.2 Å². The normalized spacial score (nSPS) is 13.6. The summed E-state index contributed by atoms with van der Waals surface area (Å²) in [7, 11) is 1.82. The van der Waals surface area contributed by atoms with Crippen LogP contribution in [-0.2, 0) is 0 Å². The molecule has 2 N–H and O–H groups in total. The van der Waals surface area contributed by atoms with Crippen molar-refractivity contribution in [2.24, 2.45) is 0 Å². The van der Waals surface area contributed by atoms with Crippen LogP contribution in [0.3, 0.4) is 0 Å². The second kappa shape index (κ2) is 6.66. The Labute approximate surface area is 135 Å². The Kier molecular flexibility index (Phi) is 4.42. The van der Waals surface area contributed by atoms with Gasteiger partial charge in [0.05, 0.1) is 23.8 Å². The van der Waals surface area contributed by atoms with Gasteiger partial charge >= 0.3 is 0 Å². The maximum absolute atomic E-state index is 10.7. The predicted molar refractivity (Wildman–Crippen MR) is 91.2 cm³/mol. The van der Waals surface area contributed by atoms with Gasteiger partial charge in [-0.1, -0.05) is 30.3 Å². The molecule has 2 atom stereocenters. The average molecular weight is 305 g/mol. The van der Waals surface area contributed by atoms with Crippen molar-refractivity contribution in [3.8, 4) is 6.07 Å². The molecule has 0 saturated carbocycles. The molecule has 0 aliphatic heterocycles. The van der Waals surface area contributed by atoms with Gasteiger partial charge in [-0.3, -0.25) is 0 Å². The second-order valence-corrected chi connectivity index (χ2v) is 5.59. The van der Waals surface area contributed by atoms with E-state index >= 15 is 0 Å². The lowest BCUT2D eigenvalue weighted by Gasteiger charge is -2.26. The van der Waals surface area contributed by atoms with Gasteiger partial charge in [-0.15, -0.1) is 0 Å². The Morgan fingerprint density at radius 3 is 2.78 bits per heavy atom. The van der Waals surface area contributed by atoms with Crippen LogP contribution in [0.4, 0.5) is 0 Å². The fourth-order valence-corrected chi connectivity index (χ4v) is 3.03. The Morgan fingerprint density at radius 2 is 2.00 bits per heavy atom. The van der Waals surface area contributed by atoms with Crippen molar-refractivity contribution in [3.05, 3.63) is 71.9 Å². The molecule has 0 radical (unpaired) electrons.